The molecule has 2 aromatic carbocycles. The van der Waals surface area contributed by atoms with Crippen LogP contribution in [0.25, 0.3) is 11.1 Å². The minimum absolute atomic E-state index is 0.109. The second-order valence-electron chi connectivity index (χ2n) is 3.72. The first-order valence-electron chi connectivity index (χ1n) is 5.41. The maximum absolute atomic E-state index is 10.1. The number of rotatable bonds is 3. The first-order chi connectivity index (χ1) is 8.69. The zero-order valence-corrected chi connectivity index (χ0v) is 10.2. The van der Waals surface area contributed by atoms with Crippen LogP contribution in [-0.2, 0) is 0 Å². The summed E-state index contributed by atoms with van der Waals surface area (Å²) in [6.07, 6.45) is 0. The molecular formula is C14H14O4. The molecule has 18 heavy (non-hydrogen) atoms. The average Bonchev–Trinajstić information content (AvgIpc) is 2.40. The van der Waals surface area contributed by atoms with E-state index in [1.54, 1.807) is 12.1 Å². The second kappa shape index (κ2) is 4.87. The van der Waals surface area contributed by atoms with E-state index in [1.807, 2.05) is 18.2 Å². The zero-order valence-electron chi connectivity index (χ0n) is 10.2. The van der Waals surface area contributed by atoms with Crippen molar-refractivity contribution in [2.75, 3.05) is 14.2 Å². The summed E-state index contributed by atoms with van der Waals surface area (Å²) in [4.78, 5) is 0. The molecule has 0 saturated heterocycles. The molecule has 0 unspecified atom stereocenters. The number of hydrogen-bond donors (Lipinski definition) is 2. The highest BCUT2D eigenvalue weighted by atomic mass is 16.5. The predicted octanol–water partition coefficient (Wildman–Crippen LogP) is 2.78. The molecule has 0 aliphatic carbocycles. The summed E-state index contributed by atoms with van der Waals surface area (Å²) < 4.78 is 10.1. The van der Waals surface area contributed by atoms with Crippen molar-refractivity contribution in [2.45, 2.75) is 0 Å². The van der Waals surface area contributed by atoms with E-state index in [0.717, 1.165) is 0 Å². The second-order valence-corrected chi connectivity index (χ2v) is 3.72. The van der Waals surface area contributed by atoms with E-state index < -0.39 is 0 Å². The Hall–Kier alpha value is -2.36. The van der Waals surface area contributed by atoms with Crippen LogP contribution in [0.3, 0.4) is 0 Å². The Bertz CT molecular complexity index is 521. The van der Waals surface area contributed by atoms with Crippen molar-refractivity contribution in [1.29, 1.82) is 0 Å². The normalized spacial score (nSPS) is 10.1. The first kappa shape index (κ1) is 12.1. The molecule has 0 saturated carbocycles. The van der Waals surface area contributed by atoms with Crippen LogP contribution < -0.4 is 9.47 Å². The summed E-state index contributed by atoms with van der Waals surface area (Å²) in [5.74, 6) is 0.288. The van der Waals surface area contributed by atoms with Crippen LogP contribution in [0.4, 0.5) is 0 Å². The maximum atomic E-state index is 10.1. The molecule has 0 fully saturated rings. The minimum atomic E-state index is -0.109. The number of benzene rings is 2. The van der Waals surface area contributed by atoms with Gasteiger partial charge in [-0.15, -0.1) is 0 Å². The molecule has 4 heteroatoms. The van der Waals surface area contributed by atoms with Crippen LogP contribution in [0.5, 0.6) is 23.0 Å². The van der Waals surface area contributed by atoms with Gasteiger partial charge >= 0.3 is 0 Å². The summed E-state index contributed by atoms with van der Waals surface area (Å²) in [6, 6.07) is 10.5. The summed E-state index contributed by atoms with van der Waals surface area (Å²) in [6.45, 7) is 0. The van der Waals surface area contributed by atoms with Crippen LogP contribution in [0, 0.1) is 0 Å². The van der Waals surface area contributed by atoms with E-state index in [1.165, 1.54) is 20.3 Å². The van der Waals surface area contributed by atoms with Crippen LogP contribution in [0.1, 0.15) is 0 Å². The van der Waals surface area contributed by atoms with Crippen LogP contribution in [-0.4, -0.2) is 24.4 Å². The summed E-state index contributed by atoms with van der Waals surface area (Å²) in [5.41, 5.74) is 0.983. The molecule has 0 aliphatic rings. The van der Waals surface area contributed by atoms with Crippen molar-refractivity contribution in [3.8, 4) is 34.1 Å². The Morgan fingerprint density at radius 2 is 1.33 bits per heavy atom. The standard InChI is InChI=1S/C14H14O4/c1-17-10-8-11(18-2)14(16)12(13(10)15)9-6-4-3-5-7-9/h3-8,15-16H,1-2H3. The van der Waals surface area contributed by atoms with Gasteiger partial charge < -0.3 is 19.7 Å². The molecule has 0 atom stereocenters. The van der Waals surface area contributed by atoms with Gasteiger partial charge in [-0.1, -0.05) is 30.3 Å². The maximum Gasteiger partial charge on any atom is 0.169 e. The molecule has 0 aromatic heterocycles. The number of aromatic hydroxyl groups is 2. The van der Waals surface area contributed by atoms with E-state index >= 15 is 0 Å². The number of hydrogen-bond acceptors (Lipinski definition) is 4. The molecule has 4 nitrogen and oxygen atoms in total. The topological polar surface area (TPSA) is 58.9 Å². The number of phenolic OH excluding ortho intramolecular Hbond substituents is 2. The van der Waals surface area contributed by atoms with Crippen molar-refractivity contribution in [2.24, 2.45) is 0 Å². The summed E-state index contributed by atoms with van der Waals surface area (Å²) in [7, 11) is 2.89. The highest BCUT2D eigenvalue weighted by Crippen LogP contribution is 2.48. The van der Waals surface area contributed by atoms with Crippen LogP contribution >= 0.6 is 0 Å². The van der Waals surface area contributed by atoms with E-state index in [0.29, 0.717) is 11.1 Å². The van der Waals surface area contributed by atoms with Gasteiger partial charge in [-0.05, 0) is 5.56 Å². The Morgan fingerprint density at radius 3 is 1.78 bits per heavy atom. The van der Waals surface area contributed by atoms with E-state index in [4.69, 9.17) is 9.47 Å². The molecule has 0 heterocycles. The molecule has 0 aliphatic heterocycles. The van der Waals surface area contributed by atoms with Crippen molar-refractivity contribution in [1.82, 2.24) is 0 Å². The molecule has 94 valence electrons. The van der Waals surface area contributed by atoms with Gasteiger partial charge in [-0.25, -0.2) is 0 Å². The summed E-state index contributed by atoms with van der Waals surface area (Å²) in [5, 5.41) is 20.2. The lowest BCUT2D eigenvalue weighted by Gasteiger charge is -2.14. The number of phenols is 2. The Balaban J connectivity index is 2.72. The van der Waals surface area contributed by atoms with Crippen LogP contribution in [0.2, 0.25) is 0 Å². The monoisotopic (exact) mass is 246 g/mol. The summed E-state index contributed by atoms with van der Waals surface area (Å²) >= 11 is 0. The van der Waals surface area contributed by atoms with Gasteiger partial charge in [0.1, 0.15) is 0 Å². The highest BCUT2D eigenvalue weighted by Gasteiger charge is 2.19. The molecule has 0 spiro atoms. The van der Waals surface area contributed by atoms with Gasteiger partial charge in [0, 0.05) is 6.07 Å². The van der Waals surface area contributed by atoms with Gasteiger partial charge in [0.15, 0.2) is 23.0 Å². The lowest BCUT2D eigenvalue weighted by molar-refractivity contribution is 0.348. The minimum Gasteiger partial charge on any atom is -0.504 e. The third-order valence-corrected chi connectivity index (χ3v) is 2.70. The zero-order chi connectivity index (χ0) is 13.1. The van der Waals surface area contributed by atoms with Crippen molar-refractivity contribution < 1.29 is 19.7 Å². The third kappa shape index (κ3) is 1.93. The van der Waals surface area contributed by atoms with E-state index in [9.17, 15) is 10.2 Å². The highest BCUT2D eigenvalue weighted by molar-refractivity contribution is 5.82. The molecule has 0 amide bonds. The van der Waals surface area contributed by atoms with Crippen molar-refractivity contribution >= 4 is 0 Å². The Labute approximate surface area is 105 Å². The van der Waals surface area contributed by atoms with Gasteiger partial charge in [0.25, 0.3) is 0 Å². The van der Waals surface area contributed by atoms with Crippen molar-refractivity contribution in [3.63, 3.8) is 0 Å². The van der Waals surface area contributed by atoms with E-state index in [2.05, 4.69) is 0 Å². The Morgan fingerprint density at radius 1 is 0.833 bits per heavy atom. The smallest absolute Gasteiger partial charge is 0.169 e. The SMILES string of the molecule is COc1cc(OC)c(O)c(-c2ccccc2)c1O. The lowest BCUT2D eigenvalue weighted by atomic mass is 10.0. The van der Waals surface area contributed by atoms with Gasteiger partial charge in [-0.2, -0.15) is 0 Å². The molecule has 2 N–H and O–H groups in total. The quantitative estimate of drug-likeness (QED) is 0.874. The molecule has 0 radical (unpaired) electrons. The lowest BCUT2D eigenvalue weighted by Crippen LogP contribution is -1.91. The van der Waals surface area contributed by atoms with Crippen molar-refractivity contribution in [3.05, 3.63) is 36.4 Å². The fourth-order valence-corrected chi connectivity index (χ4v) is 1.80. The van der Waals surface area contributed by atoms with Gasteiger partial charge in [0.2, 0.25) is 0 Å². The number of ether oxygens (including phenoxy) is 2. The predicted molar refractivity (Wildman–Crippen MR) is 68.3 cm³/mol. The van der Waals surface area contributed by atoms with Gasteiger partial charge in [0.05, 0.1) is 19.8 Å². The molecular weight excluding hydrogens is 232 g/mol. The fraction of sp³-hybridized carbons (Fsp3) is 0.143. The number of methoxy groups -OCH3 is 2. The Kier molecular flexibility index (Phi) is 3.28. The molecule has 0 bridgehead atoms. The molecule has 2 aromatic rings. The first-order valence-corrected chi connectivity index (χ1v) is 5.41. The van der Waals surface area contributed by atoms with E-state index in [-0.39, 0.29) is 23.0 Å². The van der Waals surface area contributed by atoms with Gasteiger partial charge in [-0.3, -0.25) is 0 Å². The fourth-order valence-electron chi connectivity index (χ4n) is 1.80. The third-order valence-electron chi connectivity index (χ3n) is 2.70. The van der Waals surface area contributed by atoms with Crippen LogP contribution in [0.15, 0.2) is 36.4 Å². The average molecular weight is 246 g/mol. The molecule has 2 rings (SSSR count). The largest absolute Gasteiger partial charge is 0.504 e.